The molecule has 344 valence electrons. The molecule has 0 spiro atoms. The molecule has 8 aromatic rings. The predicted molar refractivity (Wildman–Crippen MR) is 295 cm³/mol. The molecule has 1 heteroatoms. The quantitative estimate of drug-likeness (QED) is 0.154. The highest BCUT2D eigenvalue weighted by Crippen LogP contribution is 2.51. The largest absolute Gasteiger partial charge is 0.310 e. The van der Waals surface area contributed by atoms with E-state index >= 15 is 0 Å². The van der Waals surface area contributed by atoms with E-state index in [1.54, 1.807) is 0 Å². The summed E-state index contributed by atoms with van der Waals surface area (Å²) in [6.45, 7) is 32.5. The number of fused-ring (bicyclic) bond motifs is 3. The van der Waals surface area contributed by atoms with Gasteiger partial charge < -0.3 is 4.90 Å². The maximum Gasteiger partial charge on any atom is 0.0467 e. The standard InChI is InChI=1S/C67H71N/c1-63(2,3)52-23-17-20-46(35-52)48-22-19-25-57(41-48)68(58-32-33-60-59-26-15-16-27-61(59)67(13,14)62(60)43-58)56-24-18-21-47(40-56)44-28-30-45(31-29-44)49-34-50(37-53(36-49)64(4,5)6)51-38-54(65(7,8)9)42-55(39-51)66(10,11)12/h15-43H,1-14H3. The fourth-order valence-electron chi connectivity index (χ4n) is 10.0. The Labute approximate surface area is 409 Å². The van der Waals surface area contributed by atoms with Crippen LogP contribution in [0.15, 0.2) is 176 Å². The summed E-state index contributed by atoms with van der Waals surface area (Å²) >= 11 is 0. The van der Waals surface area contributed by atoms with Crippen LogP contribution in [0.2, 0.25) is 0 Å². The molecular formula is C67H71N. The Morgan fingerprint density at radius 2 is 0.676 bits per heavy atom. The fourth-order valence-corrected chi connectivity index (χ4v) is 10.0. The van der Waals surface area contributed by atoms with Crippen LogP contribution in [0.4, 0.5) is 17.1 Å². The molecule has 1 nitrogen and oxygen atoms in total. The first kappa shape index (κ1) is 46.7. The van der Waals surface area contributed by atoms with E-state index in [1.807, 2.05) is 0 Å². The molecule has 0 atom stereocenters. The van der Waals surface area contributed by atoms with Crippen LogP contribution in [0.1, 0.15) is 130 Å². The topological polar surface area (TPSA) is 3.24 Å². The van der Waals surface area contributed by atoms with E-state index in [0.29, 0.717) is 0 Å². The molecule has 0 aromatic heterocycles. The Bertz CT molecular complexity index is 3130. The highest BCUT2D eigenvalue weighted by atomic mass is 15.1. The fraction of sp³-hybridized carbons (Fsp3) is 0.284. The average molecular weight is 890 g/mol. The van der Waals surface area contributed by atoms with Crippen LogP contribution >= 0.6 is 0 Å². The molecule has 0 saturated carbocycles. The number of rotatable bonds is 7. The molecule has 1 aliphatic carbocycles. The van der Waals surface area contributed by atoms with Crippen LogP contribution in [0.25, 0.3) is 55.6 Å². The third-order valence-electron chi connectivity index (χ3n) is 14.4. The summed E-state index contributed by atoms with van der Waals surface area (Å²) in [5, 5.41) is 0. The Kier molecular flexibility index (Phi) is 11.6. The Morgan fingerprint density at radius 3 is 1.22 bits per heavy atom. The highest BCUT2D eigenvalue weighted by Gasteiger charge is 2.36. The van der Waals surface area contributed by atoms with Crippen molar-refractivity contribution in [3.05, 3.63) is 209 Å². The van der Waals surface area contributed by atoms with Gasteiger partial charge in [-0.25, -0.2) is 0 Å². The smallest absolute Gasteiger partial charge is 0.0467 e. The Hall–Kier alpha value is -6.44. The molecule has 68 heavy (non-hydrogen) atoms. The SMILES string of the molecule is CC(C)(C)c1cccc(-c2cccc(N(c3cccc(-c4ccc(-c5cc(-c6cc(C(C)(C)C)cc(C(C)(C)C)c6)cc(C(C)(C)C)c5)cc4)c3)c3ccc4c(c3)C(C)(C)c3ccccc3-4)c2)c1. The summed E-state index contributed by atoms with van der Waals surface area (Å²) in [5.41, 5.74) is 24.0. The van der Waals surface area contributed by atoms with Crippen LogP contribution in [-0.2, 0) is 27.1 Å². The zero-order valence-corrected chi connectivity index (χ0v) is 43.2. The van der Waals surface area contributed by atoms with Gasteiger partial charge in [0.2, 0.25) is 0 Å². The van der Waals surface area contributed by atoms with E-state index in [-0.39, 0.29) is 27.1 Å². The van der Waals surface area contributed by atoms with Crippen molar-refractivity contribution in [1.29, 1.82) is 0 Å². The minimum Gasteiger partial charge on any atom is -0.310 e. The van der Waals surface area contributed by atoms with Gasteiger partial charge in [0, 0.05) is 22.5 Å². The lowest BCUT2D eigenvalue weighted by atomic mass is 9.78. The second-order valence-electron chi connectivity index (χ2n) is 24.1. The lowest BCUT2D eigenvalue weighted by Crippen LogP contribution is -2.16. The first-order valence-corrected chi connectivity index (χ1v) is 24.7. The number of hydrogen-bond acceptors (Lipinski definition) is 1. The van der Waals surface area contributed by atoms with Crippen molar-refractivity contribution in [2.24, 2.45) is 0 Å². The molecule has 0 aliphatic heterocycles. The zero-order valence-electron chi connectivity index (χ0n) is 43.2. The molecule has 0 unspecified atom stereocenters. The third-order valence-corrected chi connectivity index (χ3v) is 14.4. The molecule has 0 bridgehead atoms. The average Bonchev–Trinajstić information content (AvgIpc) is 3.53. The zero-order chi connectivity index (χ0) is 48.6. The summed E-state index contributed by atoms with van der Waals surface area (Å²) in [6.07, 6.45) is 0. The minimum absolute atomic E-state index is 0.0138. The van der Waals surface area contributed by atoms with Crippen molar-refractivity contribution in [2.45, 2.75) is 124 Å². The van der Waals surface area contributed by atoms with Crippen molar-refractivity contribution >= 4 is 17.1 Å². The van der Waals surface area contributed by atoms with E-state index in [2.05, 4.69) is 278 Å². The molecule has 8 aromatic carbocycles. The van der Waals surface area contributed by atoms with E-state index in [0.717, 1.165) is 17.1 Å². The van der Waals surface area contributed by atoms with Crippen molar-refractivity contribution in [3.8, 4) is 55.6 Å². The predicted octanol–water partition coefficient (Wildman–Crippen LogP) is 19.3. The Morgan fingerprint density at radius 1 is 0.279 bits per heavy atom. The van der Waals surface area contributed by atoms with E-state index < -0.39 is 0 Å². The monoisotopic (exact) mass is 890 g/mol. The van der Waals surface area contributed by atoms with E-state index in [1.165, 1.54) is 89.0 Å². The number of nitrogens with zero attached hydrogens (tertiary/aromatic N) is 1. The molecular weight excluding hydrogens is 819 g/mol. The Balaban J connectivity index is 1.13. The van der Waals surface area contributed by atoms with Crippen LogP contribution in [-0.4, -0.2) is 0 Å². The van der Waals surface area contributed by atoms with Gasteiger partial charge in [0.1, 0.15) is 0 Å². The van der Waals surface area contributed by atoms with Gasteiger partial charge >= 0.3 is 0 Å². The maximum atomic E-state index is 2.45. The van der Waals surface area contributed by atoms with Gasteiger partial charge in [-0.15, -0.1) is 0 Å². The normalized spacial score (nSPS) is 13.6. The number of benzene rings is 8. The molecule has 0 N–H and O–H groups in total. The van der Waals surface area contributed by atoms with E-state index in [4.69, 9.17) is 0 Å². The van der Waals surface area contributed by atoms with Crippen molar-refractivity contribution in [2.75, 3.05) is 4.90 Å². The summed E-state index contributed by atoms with van der Waals surface area (Å²) in [7, 11) is 0. The van der Waals surface area contributed by atoms with Gasteiger partial charge in [0.15, 0.2) is 0 Å². The van der Waals surface area contributed by atoms with Crippen molar-refractivity contribution in [1.82, 2.24) is 0 Å². The van der Waals surface area contributed by atoms with Crippen LogP contribution in [0.3, 0.4) is 0 Å². The lowest BCUT2D eigenvalue weighted by Gasteiger charge is -2.29. The molecule has 0 fully saturated rings. The summed E-state index contributed by atoms with van der Waals surface area (Å²) in [4.78, 5) is 2.45. The van der Waals surface area contributed by atoms with Gasteiger partial charge in [-0.3, -0.25) is 0 Å². The molecule has 0 amide bonds. The molecule has 1 aliphatic rings. The second kappa shape index (κ2) is 17.0. The highest BCUT2D eigenvalue weighted by molar-refractivity contribution is 5.88. The van der Waals surface area contributed by atoms with Gasteiger partial charge in [0.05, 0.1) is 0 Å². The van der Waals surface area contributed by atoms with Gasteiger partial charge in [-0.05, 0) is 153 Å². The number of hydrogen-bond donors (Lipinski definition) is 0. The van der Waals surface area contributed by atoms with E-state index in [9.17, 15) is 0 Å². The molecule has 0 heterocycles. The maximum absolute atomic E-state index is 2.45. The van der Waals surface area contributed by atoms with Crippen LogP contribution in [0, 0.1) is 0 Å². The van der Waals surface area contributed by atoms with Crippen molar-refractivity contribution in [3.63, 3.8) is 0 Å². The van der Waals surface area contributed by atoms with Gasteiger partial charge in [-0.1, -0.05) is 230 Å². The van der Waals surface area contributed by atoms with Crippen LogP contribution in [0.5, 0.6) is 0 Å². The second-order valence-corrected chi connectivity index (χ2v) is 24.1. The van der Waals surface area contributed by atoms with Gasteiger partial charge in [-0.2, -0.15) is 0 Å². The summed E-state index contributed by atoms with van der Waals surface area (Å²) in [5.74, 6) is 0. The van der Waals surface area contributed by atoms with Crippen LogP contribution < -0.4 is 4.90 Å². The molecule has 0 radical (unpaired) electrons. The third kappa shape index (κ3) is 9.13. The minimum atomic E-state index is -0.120. The first-order chi connectivity index (χ1) is 31.9. The summed E-state index contributed by atoms with van der Waals surface area (Å²) < 4.78 is 0. The lowest BCUT2D eigenvalue weighted by molar-refractivity contribution is 0.569. The molecule has 9 rings (SSSR count). The summed E-state index contributed by atoms with van der Waals surface area (Å²) in [6, 6.07) is 66.9. The first-order valence-electron chi connectivity index (χ1n) is 24.7. The molecule has 0 saturated heterocycles. The van der Waals surface area contributed by atoms with Gasteiger partial charge in [0.25, 0.3) is 0 Å². The number of anilines is 3. The van der Waals surface area contributed by atoms with Crippen molar-refractivity contribution < 1.29 is 0 Å².